The molecule has 4 fully saturated rings. The lowest BCUT2D eigenvalue weighted by molar-refractivity contribution is -0.0591. The zero-order chi connectivity index (χ0) is 12.6. The molecule has 0 N–H and O–H groups in total. The van der Waals surface area contributed by atoms with Crippen LogP contribution in [0.5, 0.6) is 0 Å². The summed E-state index contributed by atoms with van der Waals surface area (Å²) < 4.78 is 46.7. The van der Waals surface area contributed by atoms with Crippen LogP contribution in [-0.2, 0) is 10.4 Å². The maximum absolute atomic E-state index is 10.7. The monoisotopic (exact) mass is 271 g/mol. The molecule has 0 aliphatic heterocycles. The van der Waals surface area contributed by atoms with Gasteiger partial charge in [0, 0.05) is 0 Å². The van der Waals surface area contributed by atoms with Crippen molar-refractivity contribution >= 4 is 10.4 Å². The molecule has 0 aromatic carbocycles. The summed E-state index contributed by atoms with van der Waals surface area (Å²) in [6.45, 7) is 0. The van der Waals surface area contributed by atoms with E-state index < -0.39 is 15.2 Å². The zero-order valence-electron chi connectivity index (χ0n) is 9.36. The lowest BCUT2D eigenvalue weighted by Crippen LogP contribution is -2.38. The minimum atomic E-state index is -5.74. The Morgan fingerprint density at radius 2 is 0.941 bits per heavy atom. The van der Waals surface area contributed by atoms with Crippen molar-refractivity contribution in [2.24, 2.45) is 23.7 Å². The summed E-state index contributed by atoms with van der Waals surface area (Å²) in [5.74, 6) is 4.71. The highest BCUT2D eigenvalue weighted by Crippen LogP contribution is 2.53. The van der Waals surface area contributed by atoms with E-state index in [9.17, 15) is 12.8 Å². The lowest BCUT2D eigenvalue weighted by Gasteiger charge is -2.49. The molecule has 4 bridgehead atoms. The molecule has 0 radical (unpaired) electrons. The smallest absolute Gasteiger partial charge is 0.172 e. The van der Waals surface area contributed by atoms with Crippen LogP contribution in [0, 0.1) is 23.7 Å². The zero-order valence-corrected chi connectivity index (χ0v) is 10.2. The number of hydrogen-bond donors (Lipinski definition) is 0. The Morgan fingerprint density at radius 3 is 1.06 bits per heavy atom. The predicted octanol–water partition coefficient (Wildman–Crippen LogP) is 3.10. The van der Waals surface area contributed by atoms with Crippen molar-refractivity contribution in [2.45, 2.75) is 38.5 Å². The second kappa shape index (κ2) is 4.76. The van der Waals surface area contributed by atoms with Crippen molar-refractivity contribution in [3.8, 4) is 0 Å². The molecule has 0 amide bonds. The molecule has 0 spiro atoms. The summed E-state index contributed by atoms with van der Waals surface area (Å²) in [6, 6.07) is 0. The van der Waals surface area contributed by atoms with Gasteiger partial charge in [0.25, 0.3) is 0 Å². The molecule has 3 nitrogen and oxygen atoms in total. The van der Waals surface area contributed by atoms with Crippen LogP contribution in [0.2, 0.25) is 0 Å². The van der Waals surface area contributed by atoms with Crippen LogP contribution < -0.4 is 0 Å². The first-order valence-corrected chi connectivity index (χ1v) is 7.25. The molecule has 4 aliphatic rings. The fourth-order valence-electron chi connectivity index (χ4n) is 3.98. The molecule has 0 aromatic heterocycles. The standard InChI is InChI=1S/C10H16.F3NO2S/c1-7-2-9-4-8(1)5-10(3-7)6-9;1-4(2)7(3,5)6/h7-10H,1-6H2;. The van der Waals surface area contributed by atoms with Gasteiger partial charge in [0.15, 0.2) is 4.75 Å². The molecule has 4 aliphatic carbocycles. The van der Waals surface area contributed by atoms with E-state index in [2.05, 4.69) is 0 Å². The van der Waals surface area contributed by atoms with E-state index in [-0.39, 0.29) is 0 Å². The van der Waals surface area contributed by atoms with Gasteiger partial charge in [0.05, 0.1) is 0 Å². The third-order valence-corrected chi connectivity index (χ3v) is 4.49. The van der Waals surface area contributed by atoms with Crippen LogP contribution >= 0.6 is 0 Å². The second-order valence-electron chi connectivity index (χ2n) is 5.49. The fraction of sp³-hybridized carbons (Fsp3) is 1.00. The Balaban J connectivity index is 0.000000139. The lowest BCUT2D eigenvalue weighted by atomic mass is 9.56. The maximum Gasteiger partial charge on any atom is 0.430 e. The number of rotatable bonds is 1. The van der Waals surface area contributed by atoms with Gasteiger partial charge in [-0.2, -0.15) is 8.42 Å². The first-order chi connectivity index (χ1) is 7.84. The Kier molecular flexibility index (Phi) is 3.68. The summed E-state index contributed by atoms with van der Waals surface area (Å²) in [5.41, 5.74) is 0. The van der Waals surface area contributed by atoms with Gasteiger partial charge < -0.3 is 0 Å². The molecule has 4 rings (SSSR count). The second-order valence-corrected chi connectivity index (χ2v) is 6.59. The molecule has 0 aromatic rings. The largest absolute Gasteiger partial charge is 0.430 e. The van der Waals surface area contributed by atoms with Crippen molar-refractivity contribution < 1.29 is 21.3 Å². The topological polar surface area (TPSA) is 37.4 Å². The predicted molar refractivity (Wildman–Crippen MR) is 55.7 cm³/mol. The van der Waals surface area contributed by atoms with Gasteiger partial charge in [0.2, 0.25) is 0 Å². The van der Waals surface area contributed by atoms with Gasteiger partial charge in [-0.05, 0) is 62.2 Å². The molecule has 0 heterocycles. The Labute approximate surface area is 99.2 Å². The van der Waals surface area contributed by atoms with Crippen molar-refractivity contribution in [3.63, 3.8) is 0 Å². The van der Waals surface area contributed by atoms with Gasteiger partial charge in [0.1, 0.15) is 0 Å². The average Bonchev–Trinajstić information content (AvgIpc) is 2.14. The molecule has 0 atom stereocenters. The molecule has 7 heteroatoms. The SMILES string of the molecule is C1C2CC3CC1CC(C2)C3.O=S(=O)(F)N(F)F. The van der Waals surface area contributed by atoms with Gasteiger partial charge in [-0.25, -0.2) is 0 Å². The maximum atomic E-state index is 10.7. The minimum absolute atomic E-state index is 1.18. The van der Waals surface area contributed by atoms with E-state index in [1.54, 1.807) is 38.5 Å². The summed E-state index contributed by atoms with van der Waals surface area (Å²) in [6.07, 6.45) is 9.62. The van der Waals surface area contributed by atoms with Crippen LogP contribution in [0.1, 0.15) is 38.5 Å². The molecular formula is C10H16F3NO2S. The molecule has 4 saturated carbocycles. The van der Waals surface area contributed by atoms with Crippen LogP contribution in [0.4, 0.5) is 12.8 Å². The van der Waals surface area contributed by atoms with Gasteiger partial charge in [-0.15, -0.1) is 0 Å². The third kappa shape index (κ3) is 3.34. The van der Waals surface area contributed by atoms with E-state index >= 15 is 0 Å². The van der Waals surface area contributed by atoms with Gasteiger partial charge in [-0.3, -0.25) is 0 Å². The van der Waals surface area contributed by atoms with E-state index in [1.165, 1.54) is 23.7 Å². The van der Waals surface area contributed by atoms with Crippen LogP contribution in [0.25, 0.3) is 0 Å². The normalized spacial score (nSPS) is 39.1. The summed E-state index contributed by atoms with van der Waals surface area (Å²) in [5, 5.41) is 0. The average molecular weight is 271 g/mol. The number of hydrogen-bond acceptors (Lipinski definition) is 2. The van der Waals surface area contributed by atoms with Crippen molar-refractivity contribution in [1.82, 2.24) is 4.75 Å². The minimum Gasteiger partial charge on any atom is -0.172 e. The highest BCUT2D eigenvalue weighted by atomic mass is 32.3. The Morgan fingerprint density at radius 1 is 0.765 bits per heavy atom. The van der Waals surface area contributed by atoms with Crippen molar-refractivity contribution in [1.29, 1.82) is 0 Å². The van der Waals surface area contributed by atoms with Gasteiger partial charge in [-0.1, -0.05) is 12.8 Å². The number of halogens is 3. The van der Waals surface area contributed by atoms with Crippen LogP contribution in [-0.4, -0.2) is 13.2 Å². The van der Waals surface area contributed by atoms with Crippen molar-refractivity contribution in [3.05, 3.63) is 0 Å². The summed E-state index contributed by atoms with van der Waals surface area (Å²) in [7, 11) is -5.74. The van der Waals surface area contributed by atoms with E-state index in [0.717, 1.165) is 0 Å². The Bertz CT molecular complexity index is 315. The summed E-state index contributed by atoms with van der Waals surface area (Å²) in [4.78, 5) is 0. The first-order valence-electron chi connectivity index (χ1n) is 5.91. The van der Waals surface area contributed by atoms with Crippen LogP contribution in [0.15, 0.2) is 0 Å². The third-order valence-electron chi connectivity index (χ3n) is 4.16. The highest BCUT2D eigenvalue weighted by molar-refractivity contribution is 7.83. The van der Waals surface area contributed by atoms with Crippen LogP contribution in [0.3, 0.4) is 0 Å². The van der Waals surface area contributed by atoms with E-state index in [1.807, 2.05) is 0 Å². The Hall–Kier alpha value is -0.300. The molecule has 0 unspecified atom stereocenters. The van der Waals surface area contributed by atoms with E-state index in [4.69, 9.17) is 8.42 Å². The quantitative estimate of drug-likeness (QED) is 0.543. The highest BCUT2D eigenvalue weighted by Gasteiger charge is 2.41. The molecular weight excluding hydrogens is 255 g/mol. The fourth-order valence-corrected chi connectivity index (χ4v) is 3.98. The van der Waals surface area contributed by atoms with Gasteiger partial charge >= 0.3 is 10.4 Å². The van der Waals surface area contributed by atoms with E-state index in [0.29, 0.717) is 0 Å². The molecule has 17 heavy (non-hydrogen) atoms. The first kappa shape index (κ1) is 13.1. The molecule has 100 valence electrons. The summed E-state index contributed by atoms with van der Waals surface area (Å²) >= 11 is 0. The molecule has 0 saturated heterocycles. The van der Waals surface area contributed by atoms with Crippen molar-refractivity contribution in [2.75, 3.05) is 0 Å². The number of nitrogens with zero attached hydrogens (tertiary/aromatic N) is 1.